The third-order valence-corrected chi connectivity index (χ3v) is 16.4. The first-order chi connectivity index (χ1) is 22.2. The average molecular weight is 671 g/mol. The molecule has 0 radical (unpaired) electrons. The summed E-state index contributed by atoms with van der Waals surface area (Å²) in [5.41, 5.74) is -2.87. The van der Waals surface area contributed by atoms with Gasteiger partial charge in [-0.3, -0.25) is 0 Å². The second-order valence-corrected chi connectivity index (χ2v) is 18.7. The number of hydrogen-bond donors (Lipinski definition) is 3. The van der Waals surface area contributed by atoms with Crippen LogP contribution in [0.5, 0.6) is 0 Å². The van der Waals surface area contributed by atoms with Gasteiger partial charge in [0.1, 0.15) is 6.10 Å². The quantitative estimate of drug-likeness (QED) is 0.225. The van der Waals surface area contributed by atoms with Gasteiger partial charge in [0.15, 0.2) is 12.4 Å². The number of aliphatic hydroxyl groups excluding tert-OH is 3. The summed E-state index contributed by atoms with van der Waals surface area (Å²) in [6, 6.07) is 0. The molecular weight excluding hydrogens is 608 g/mol. The summed E-state index contributed by atoms with van der Waals surface area (Å²) in [7, 11) is 0. The molecule has 1 heterocycles. The lowest BCUT2D eigenvalue weighted by Gasteiger charge is -2.75. The molecule has 0 amide bonds. The van der Waals surface area contributed by atoms with Crippen LogP contribution in [-0.2, 0) is 23.8 Å². The highest BCUT2D eigenvalue weighted by Crippen LogP contribution is 2.81. The summed E-state index contributed by atoms with van der Waals surface area (Å²) in [5, 5.41) is 36.1. The van der Waals surface area contributed by atoms with E-state index >= 15 is 0 Å². The predicted octanol–water partition coefficient (Wildman–Crippen LogP) is 6.65. The molecule has 1 aliphatic heterocycles. The van der Waals surface area contributed by atoms with Gasteiger partial charge in [-0.1, -0.05) is 60.6 Å². The number of fused-ring (bicyclic) bond motifs is 4. The molecule has 5 aliphatic carbocycles. The fourth-order valence-electron chi connectivity index (χ4n) is 13.3. The Morgan fingerprint density at radius 2 is 1.27 bits per heavy atom. The first kappa shape index (κ1) is 36.1. The minimum Gasteiger partial charge on any atom is -0.454 e. The van der Waals surface area contributed by atoms with Crippen molar-refractivity contribution in [2.24, 2.45) is 50.2 Å². The lowest BCUT2D eigenvalue weighted by Crippen LogP contribution is -2.77. The molecular formula is C40H62O8. The van der Waals surface area contributed by atoms with Crippen LogP contribution in [0, 0.1) is 50.2 Å². The first-order valence-electron chi connectivity index (χ1n) is 18.6. The summed E-state index contributed by atoms with van der Waals surface area (Å²) in [6.45, 7) is 22.7. The molecule has 5 saturated carbocycles. The molecule has 3 N–H and O–H groups in total. The van der Waals surface area contributed by atoms with E-state index in [4.69, 9.17) is 14.2 Å². The minimum atomic E-state index is -1.42. The second kappa shape index (κ2) is 11.1. The Kier molecular flexibility index (Phi) is 8.36. The van der Waals surface area contributed by atoms with E-state index in [-0.39, 0.29) is 28.3 Å². The number of rotatable bonds is 4. The average Bonchev–Trinajstić information content (AvgIpc) is 3.21. The van der Waals surface area contributed by atoms with Gasteiger partial charge in [0, 0.05) is 27.9 Å². The molecule has 0 aromatic carbocycles. The summed E-state index contributed by atoms with van der Waals surface area (Å²) in [4.78, 5) is 27.0. The van der Waals surface area contributed by atoms with E-state index in [1.54, 1.807) is 39.8 Å². The van der Waals surface area contributed by atoms with Crippen LogP contribution < -0.4 is 0 Å². The van der Waals surface area contributed by atoms with Crippen molar-refractivity contribution in [3.63, 3.8) is 0 Å². The Morgan fingerprint density at radius 1 is 0.708 bits per heavy atom. The second-order valence-electron chi connectivity index (χ2n) is 18.7. The maximum Gasteiger partial charge on any atom is 0.333 e. The van der Waals surface area contributed by atoms with Crippen LogP contribution in [0.4, 0.5) is 0 Å². The number of hydrogen-bond acceptors (Lipinski definition) is 8. The van der Waals surface area contributed by atoms with Gasteiger partial charge in [-0.25, -0.2) is 9.59 Å². The van der Waals surface area contributed by atoms with Crippen LogP contribution in [0.15, 0.2) is 23.3 Å². The molecule has 6 fully saturated rings. The fraction of sp³-hybridized carbons (Fsp3) is 0.850. The van der Waals surface area contributed by atoms with E-state index in [1.807, 2.05) is 13.8 Å². The van der Waals surface area contributed by atoms with Crippen LogP contribution >= 0.6 is 0 Å². The molecule has 48 heavy (non-hydrogen) atoms. The van der Waals surface area contributed by atoms with E-state index in [1.165, 1.54) is 0 Å². The topological polar surface area (TPSA) is 123 Å². The van der Waals surface area contributed by atoms with Crippen LogP contribution in [0.25, 0.3) is 0 Å². The number of carbonyl (C=O) groups excluding carboxylic acids is 2. The number of esters is 2. The van der Waals surface area contributed by atoms with E-state index in [0.717, 1.165) is 38.5 Å². The standard InChI is InChI=1S/C40H62O8/c1-12-22(3)31(43)46-29-30(47-32(44)23(4)13-2)40-26(20-34(29,5)6)39(48-33(40)45)19-15-25-36(9)17-16-27(41)35(7,8)24(36)14-18-37(25,10)38(39,11)21-28(40)42/h12-13,24-30,33,41-42,45H,14-21H2,1-11H3/b22-12-,23-13-/t24?,25?,26?,27-,28+,29-,30-,33-,36-,37+,38-,39-,40+/m0/s1. The smallest absolute Gasteiger partial charge is 0.333 e. The van der Waals surface area contributed by atoms with Gasteiger partial charge in [0.2, 0.25) is 0 Å². The molecule has 0 aromatic rings. The molecule has 6 rings (SSSR count). The van der Waals surface area contributed by atoms with Crippen LogP contribution in [0.1, 0.15) is 128 Å². The monoisotopic (exact) mass is 670 g/mol. The zero-order valence-electron chi connectivity index (χ0n) is 31.3. The zero-order chi connectivity index (χ0) is 35.6. The predicted molar refractivity (Wildman–Crippen MR) is 182 cm³/mol. The maximum absolute atomic E-state index is 13.6. The fourth-order valence-corrected chi connectivity index (χ4v) is 13.3. The molecule has 3 unspecified atom stereocenters. The van der Waals surface area contributed by atoms with E-state index in [0.29, 0.717) is 35.8 Å². The Morgan fingerprint density at radius 3 is 1.85 bits per heavy atom. The van der Waals surface area contributed by atoms with Crippen molar-refractivity contribution in [1.29, 1.82) is 0 Å². The lowest BCUT2D eigenvalue weighted by molar-refractivity contribution is -0.312. The zero-order valence-corrected chi connectivity index (χ0v) is 31.3. The Labute approximate surface area is 288 Å². The first-order valence-corrected chi connectivity index (χ1v) is 18.6. The molecule has 6 aliphatic rings. The molecule has 1 saturated heterocycles. The Balaban J connectivity index is 1.49. The van der Waals surface area contributed by atoms with Crippen molar-refractivity contribution < 1.29 is 39.1 Å². The molecule has 8 heteroatoms. The molecule has 13 atom stereocenters. The van der Waals surface area contributed by atoms with E-state index < -0.39 is 58.4 Å². The largest absolute Gasteiger partial charge is 0.454 e. The van der Waals surface area contributed by atoms with Gasteiger partial charge in [-0.2, -0.15) is 0 Å². The Bertz CT molecular complexity index is 1410. The summed E-state index contributed by atoms with van der Waals surface area (Å²) in [6.07, 6.45) is 4.76. The maximum atomic E-state index is 13.6. The van der Waals surface area contributed by atoms with Crippen molar-refractivity contribution >= 4 is 11.9 Å². The number of carbonyl (C=O) groups is 2. The van der Waals surface area contributed by atoms with Gasteiger partial charge < -0.3 is 29.5 Å². The van der Waals surface area contributed by atoms with Gasteiger partial charge >= 0.3 is 11.9 Å². The normalized spacial score (nSPS) is 50.7. The highest BCUT2D eigenvalue weighted by Gasteiger charge is 2.85. The van der Waals surface area contributed by atoms with Crippen molar-refractivity contribution in [3.8, 4) is 0 Å². The third-order valence-electron chi connectivity index (χ3n) is 16.4. The number of ether oxygens (including phenoxy) is 3. The molecule has 8 nitrogen and oxygen atoms in total. The third kappa shape index (κ3) is 4.27. The van der Waals surface area contributed by atoms with Gasteiger partial charge in [0.25, 0.3) is 0 Å². The van der Waals surface area contributed by atoms with Crippen LogP contribution in [0.3, 0.4) is 0 Å². The van der Waals surface area contributed by atoms with Gasteiger partial charge in [-0.05, 0) is 107 Å². The van der Waals surface area contributed by atoms with Crippen LogP contribution in [-0.4, -0.2) is 63.6 Å². The number of aliphatic hydroxyl groups is 3. The lowest BCUT2D eigenvalue weighted by atomic mass is 9.30. The van der Waals surface area contributed by atoms with Gasteiger partial charge in [0.05, 0.1) is 23.2 Å². The van der Waals surface area contributed by atoms with E-state index in [2.05, 4.69) is 34.6 Å². The summed E-state index contributed by atoms with van der Waals surface area (Å²) < 4.78 is 19.7. The summed E-state index contributed by atoms with van der Waals surface area (Å²) in [5.74, 6) is -0.679. The molecule has 0 aromatic heterocycles. The highest BCUT2D eigenvalue weighted by atomic mass is 16.6. The van der Waals surface area contributed by atoms with Crippen molar-refractivity contribution in [2.45, 2.75) is 164 Å². The van der Waals surface area contributed by atoms with Crippen LogP contribution in [0.2, 0.25) is 0 Å². The SMILES string of the molecule is C/C=C(/C)C(=O)O[C@H]1[C@H](OC(=O)/C(C)=C\C)[C@@]23C(CC1(C)C)[C@]1(CCC4[C@@]5(C)CC[C@H](O)C(C)(C)C5CC[C@@]4(C)[C@]1(C)C[C@H]2O)O[C@@H]3O. The van der Waals surface area contributed by atoms with Crippen molar-refractivity contribution in [3.05, 3.63) is 23.3 Å². The van der Waals surface area contributed by atoms with Crippen molar-refractivity contribution in [2.75, 3.05) is 0 Å². The van der Waals surface area contributed by atoms with Gasteiger partial charge in [-0.15, -0.1) is 0 Å². The number of allylic oxidation sites excluding steroid dienone is 2. The molecule has 270 valence electrons. The highest BCUT2D eigenvalue weighted by molar-refractivity contribution is 5.88. The Hall–Kier alpha value is -1.74. The van der Waals surface area contributed by atoms with Crippen molar-refractivity contribution in [1.82, 2.24) is 0 Å². The molecule has 2 bridgehead atoms. The van der Waals surface area contributed by atoms with E-state index in [9.17, 15) is 24.9 Å². The summed E-state index contributed by atoms with van der Waals surface area (Å²) >= 11 is 0. The molecule has 1 spiro atoms. The minimum absolute atomic E-state index is 0.0227.